The van der Waals surface area contributed by atoms with Gasteiger partial charge in [0.1, 0.15) is 0 Å². The molecule has 1 saturated carbocycles. The number of hydrogen-bond acceptors (Lipinski definition) is 4. The number of primary amides is 1. The van der Waals surface area contributed by atoms with Crippen molar-refractivity contribution in [1.82, 2.24) is 9.55 Å². The monoisotopic (exact) mass is 397 g/mol. The Hall–Kier alpha value is -2.08. The van der Waals surface area contributed by atoms with Crippen LogP contribution in [0.1, 0.15) is 56.6 Å². The predicted octanol–water partition coefficient (Wildman–Crippen LogP) is 3.66. The van der Waals surface area contributed by atoms with Crippen LogP contribution in [0.4, 0.5) is 0 Å². The van der Waals surface area contributed by atoms with Gasteiger partial charge in [-0.2, -0.15) is 0 Å². The van der Waals surface area contributed by atoms with Gasteiger partial charge in [0.15, 0.2) is 5.16 Å². The molecule has 0 atom stereocenters. The summed E-state index contributed by atoms with van der Waals surface area (Å²) in [5.41, 5.74) is 9.41. The third-order valence-corrected chi connectivity index (χ3v) is 7.07. The SMILES string of the molecule is CCCn1c(SCC(N)=O)nc2c(c1=O)C1(CCCCC1)Cc1ccccc1-2. The molecule has 0 radical (unpaired) electrons. The molecule has 6 heteroatoms. The van der Waals surface area contributed by atoms with E-state index in [4.69, 9.17) is 10.7 Å². The van der Waals surface area contributed by atoms with Crippen molar-refractivity contribution >= 4 is 17.7 Å². The van der Waals surface area contributed by atoms with Crippen LogP contribution in [0.15, 0.2) is 34.2 Å². The minimum absolute atomic E-state index is 0.0789. The molecule has 4 rings (SSSR count). The van der Waals surface area contributed by atoms with Gasteiger partial charge in [0.05, 0.1) is 17.0 Å². The van der Waals surface area contributed by atoms with Crippen molar-refractivity contribution < 1.29 is 4.79 Å². The molecule has 1 fully saturated rings. The Kier molecular flexibility index (Phi) is 5.32. The van der Waals surface area contributed by atoms with E-state index in [9.17, 15) is 9.59 Å². The van der Waals surface area contributed by atoms with Crippen LogP contribution in [-0.2, 0) is 23.2 Å². The van der Waals surface area contributed by atoms with E-state index < -0.39 is 5.91 Å². The van der Waals surface area contributed by atoms with Gasteiger partial charge in [0.2, 0.25) is 5.91 Å². The topological polar surface area (TPSA) is 78.0 Å². The molecule has 0 bridgehead atoms. The minimum Gasteiger partial charge on any atom is -0.369 e. The molecule has 5 nitrogen and oxygen atoms in total. The minimum atomic E-state index is -0.399. The second kappa shape index (κ2) is 7.74. The van der Waals surface area contributed by atoms with Crippen LogP contribution in [0, 0.1) is 0 Å². The Morgan fingerprint density at radius 2 is 2.00 bits per heavy atom. The first-order chi connectivity index (χ1) is 13.6. The molecule has 1 spiro atoms. The number of amides is 1. The molecular formula is C22H27N3O2S. The lowest BCUT2D eigenvalue weighted by molar-refractivity contribution is -0.115. The summed E-state index contributed by atoms with van der Waals surface area (Å²) in [7, 11) is 0. The highest BCUT2D eigenvalue weighted by molar-refractivity contribution is 7.99. The van der Waals surface area contributed by atoms with E-state index in [1.54, 1.807) is 4.57 Å². The van der Waals surface area contributed by atoms with Gasteiger partial charge in [-0.25, -0.2) is 4.98 Å². The summed E-state index contributed by atoms with van der Waals surface area (Å²) in [4.78, 5) is 30.1. The summed E-state index contributed by atoms with van der Waals surface area (Å²) in [5.74, 6) is -0.272. The molecule has 0 saturated heterocycles. The Balaban J connectivity index is 1.96. The fourth-order valence-corrected chi connectivity index (χ4v) is 5.65. The maximum absolute atomic E-state index is 13.7. The number of benzene rings is 1. The number of nitrogens with zero attached hydrogens (tertiary/aromatic N) is 2. The fourth-order valence-electron chi connectivity index (χ4n) is 4.89. The number of thioether (sulfide) groups is 1. The molecule has 2 aromatic rings. The highest BCUT2D eigenvalue weighted by Gasteiger charge is 2.43. The van der Waals surface area contributed by atoms with E-state index in [2.05, 4.69) is 25.1 Å². The average Bonchev–Trinajstić information content (AvgIpc) is 2.69. The molecule has 1 aromatic carbocycles. The lowest BCUT2D eigenvalue weighted by Gasteiger charge is -2.42. The number of fused-ring (bicyclic) bond motifs is 4. The van der Waals surface area contributed by atoms with Gasteiger partial charge in [-0.15, -0.1) is 0 Å². The molecule has 0 aliphatic heterocycles. The van der Waals surface area contributed by atoms with Crippen molar-refractivity contribution in [2.75, 3.05) is 5.75 Å². The van der Waals surface area contributed by atoms with Gasteiger partial charge >= 0.3 is 0 Å². The van der Waals surface area contributed by atoms with Crippen LogP contribution >= 0.6 is 11.8 Å². The van der Waals surface area contributed by atoms with Crippen molar-refractivity contribution in [2.45, 2.75) is 69.0 Å². The Morgan fingerprint density at radius 1 is 1.25 bits per heavy atom. The molecular weight excluding hydrogens is 370 g/mol. The van der Waals surface area contributed by atoms with Gasteiger partial charge < -0.3 is 5.73 Å². The number of aromatic nitrogens is 2. The fraction of sp³-hybridized carbons (Fsp3) is 0.500. The van der Waals surface area contributed by atoms with E-state index in [0.717, 1.165) is 55.3 Å². The molecule has 1 aromatic heterocycles. The van der Waals surface area contributed by atoms with Crippen LogP contribution in [0.5, 0.6) is 0 Å². The first-order valence-electron chi connectivity index (χ1n) is 10.2. The molecule has 2 aliphatic rings. The standard InChI is InChI=1S/C22H27N3O2S/c1-2-12-25-20(27)18-19(24-21(25)28-14-17(23)26)16-9-5-4-8-15(16)13-22(18)10-6-3-7-11-22/h4-5,8-9H,2-3,6-7,10-14H2,1H3,(H2,23,26). The summed E-state index contributed by atoms with van der Waals surface area (Å²) in [5, 5.41) is 0.604. The molecule has 1 amide bonds. The number of carbonyl (C=O) groups excluding carboxylic acids is 1. The van der Waals surface area contributed by atoms with Gasteiger partial charge in [-0.1, -0.05) is 62.2 Å². The summed E-state index contributed by atoms with van der Waals surface area (Å²) < 4.78 is 1.77. The van der Waals surface area contributed by atoms with E-state index in [1.165, 1.54) is 23.7 Å². The smallest absolute Gasteiger partial charge is 0.258 e. The van der Waals surface area contributed by atoms with Crippen LogP contribution in [-0.4, -0.2) is 21.2 Å². The van der Waals surface area contributed by atoms with Crippen LogP contribution < -0.4 is 11.3 Å². The molecule has 2 N–H and O–H groups in total. The maximum atomic E-state index is 13.7. The van der Waals surface area contributed by atoms with Crippen LogP contribution in [0.2, 0.25) is 0 Å². The van der Waals surface area contributed by atoms with Crippen LogP contribution in [0.3, 0.4) is 0 Å². The van der Waals surface area contributed by atoms with Gasteiger partial charge in [0, 0.05) is 17.5 Å². The maximum Gasteiger partial charge on any atom is 0.258 e. The Labute approximate surface area is 169 Å². The number of rotatable bonds is 5. The zero-order valence-corrected chi connectivity index (χ0v) is 17.2. The van der Waals surface area contributed by atoms with Crippen molar-refractivity contribution in [3.8, 4) is 11.3 Å². The highest BCUT2D eigenvalue weighted by Crippen LogP contribution is 2.48. The van der Waals surface area contributed by atoms with Crippen LogP contribution in [0.25, 0.3) is 11.3 Å². The molecule has 2 aliphatic carbocycles. The largest absolute Gasteiger partial charge is 0.369 e. The van der Waals surface area contributed by atoms with Crippen molar-refractivity contribution in [3.05, 3.63) is 45.7 Å². The first-order valence-corrected chi connectivity index (χ1v) is 11.2. The average molecular weight is 398 g/mol. The quantitative estimate of drug-likeness (QED) is 0.617. The molecule has 0 unspecified atom stereocenters. The van der Waals surface area contributed by atoms with Crippen molar-refractivity contribution in [3.63, 3.8) is 0 Å². The Bertz CT molecular complexity index is 961. The molecule has 148 valence electrons. The number of nitrogens with two attached hydrogens (primary N) is 1. The van der Waals surface area contributed by atoms with Crippen molar-refractivity contribution in [1.29, 1.82) is 0 Å². The van der Waals surface area contributed by atoms with E-state index in [-0.39, 0.29) is 16.7 Å². The lowest BCUT2D eigenvalue weighted by atomic mass is 9.62. The van der Waals surface area contributed by atoms with E-state index in [0.29, 0.717) is 11.7 Å². The number of carbonyl (C=O) groups is 1. The van der Waals surface area contributed by atoms with Gasteiger partial charge in [-0.05, 0) is 31.2 Å². The zero-order valence-electron chi connectivity index (χ0n) is 16.4. The number of hydrogen-bond donors (Lipinski definition) is 1. The Morgan fingerprint density at radius 3 is 2.71 bits per heavy atom. The second-order valence-electron chi connectivity index (χ2n) is 8.00. The third-order valence-electron chi connectivity index (χ3n) is 6.07. The summed E-state index contributed by atoms with van der Waals surface area (Å²) in [6, 6.07) is 8.32. The van der Waals surface area contributed by atoms with Crippen molar-refractivity contribution in [2.24, 2.45) is 5.73 Å². The summed E-state index contributed by atoms with van der Waals surface area (Å²) >= 11 is 1.27. The van der Waals surface area contributed by atoms with Gasteiger partial charge in [0.25, 0.3) is 5.56 Å². The normalized spacial score (nSPS) is 17.2. The predicted molar refractivity (Wildman–Crippen MR) is 113 cm³/mol. The molecule has 1 heterocycles. The van der Waals surface area contributed by atoms with E-state index >= 15 is 0 Å². The summed E-state index contributed by atoms with van der Waals surface area (Å²) in [6.07, 6.45) is 7.42. The summed E-state index contributed by atoms with van der Waals surface area (Å²) in [6.45, 7) is 2.66. The zero-order chi connectivity index (χ0) is 19.7. The first kappa shape index (κ1) is 19.2. The third kappa shape index (κ3) is 3.28. The highest BCUT2D eigenvalue weighted by atomic mass is 32.2. The lowest BCUT2D eigenvalue weighted by Crippen LogP contribution is -2.43. The van der Waals surface area contributed by atoms with E-state index in [1.807, 2.05) is 6.07 Å². The second-order valence-corrected chi connectivity index (χ2v) is 8.95. The van der Waals surface area contributed by atoms with Gasteiger partial charge in [-0.3, -0.25) is 14.2 Å². The molecule has 28 heavy (non-hydrogen) atoms.